The Morgan fingerprint density at radius 1 is 0.732 bits per heavy atom. The van der Waals surface area contributed by atoms with Crippen LogP contribution in [0, 0.1) is 0 Å². The third kappa shape index (κ3) is 5.25. The zero-order valence-electron chi connectivity index (χ0n) is 22.6. The minimum atomic E-state index is -4.82. The minimum absolute atomic E-state index is 0.00979. The van der Waals surface area contributed by atoms with Gasteiger partial charge in [-0.1, -0.05) is 0 Å². The summed E-state index contributed by atoms with van der Waals surface area (Å²) in [6.45, 7) is 0.683. The lowest BCUT2D eigenvalue weighted by Gasteiger charge is -2.33. The molecule has 2 N–H and O–H groups in total. The topological polar surface area (TPSA) is 185 Å². The summed E-state index contributed by atoms with van der Waals surface area (Å²) in [4.78, 5) is 21.2. The summed E-state index contributed by atoms with van der Waals surface area (Å²) in [5.41, 5.74) is -3.94. The minimum Gasteiger partial charge on any atom is -0.381 e. The maximum absolute atomic E-state index is 13.1. The summed E-state index contributed by atoms with van der Waals surface area (Å²) in [6.07, 6.45) is -5.37. The fourth-order valence-corrected chi connectivity index (χ4v) is 8.64. The summed E-state index contributed by atoms with van der Waals surface area (Å²) < 4.78 is 92.5. The van der Waals surface area contributed by atoms with Gasteiger partial charge in [-0.25, -0.2) is 9.13 Å². The first-order chi connectivity index (χ1) is 19.3. The molecule has 6 aliphatic heterocycles. The molecule has 6 fully saturated rings. The van der Waals surface area contributed by atoms with Crippen LogP contribution >= 0.6 is 15.6 Å². The van der Waals surface area contributed by atoms with Crippen molar-refractivity contribution in [2.24, 2.45) is 0 Å². The Morgan fingerprint density at radius 2 is 1.17 bits per heavy atom. The Hall–Kier alpha value is 0.0299. The van der Waals surface area contributed by atoms with E-state index < -0.39 is 81.6 Å². The number of ether oxygens (including phenoxy) is 8. The lowest BCUT2D eigenvalue weighted by Crippen LogP contribution is -2.47. The molecule has 228 valence electrons. The molecule has 6 rings (SSSR count). The second-order valence-corrected chi connectivity index (χ2v) is 13.9. The lowest BCUT2D eigenvalue weighted by atomic mass is 9.92. The average molecular weight is 624 g/mol. The Balaban J connectivity index is 1.11. The van der Waals surface area contributed by atoms with Gasteiger partial charge in [0, 0.05) is 26.2 Å². The number of phosphoric acid groups is 2. The fourth-order valence-electron chi connectivity index (χ4n) is 6.56. The second-order valence-electron chi connectivity index (χ2n) is 11.1. The molecule has 20 heteroatoms. The smallest absolute Gasteiger partial charge is 0.381 e. The zero-order valence-corrected chi connectivity index (χ0v) is 24.4. The first-order valence-electron chi connectivity index (χ1n) is 13.0. The molecule has 0 amide bonds. The molecule has 0 aliphatic carbocycles. The highest BCUT2D eigenvalue weighted by Gasteiger charge is 2.66. The molecule has 6 aliphatic rings. The first kappa shape index (κ1) is 31.0. The number of hydrogen-bond acceptors (Lipinski definition) is 14. The number of methoxy groups -OCH3 is 2. The molecule has 0 aromatic carbocycles. The van der Waals surface area contributed by atoms with Crippen LogP contribution in [0.5, 0.6) is 0 Å². The summed E-state index contributed by atoms with van der Waals surface area (Å²) >= 11 is 0. The third-order valence-corrected chi connectivity index (χ3v) is 10.3. The maximum Gasteiger partial charge on any atom is 0.472 e. The largest absolute Gasteiger partial charge is 0.472 e. The van der Waals surface area contributed by atoms with E-state index >= 15 is 0 Å². The predicted octanol–water partition coefficient (Wildman–Crippen LogP) is -1.47. The van der Waals surface area contributed by atoms with Crippen LogP contribution in [0.3, 0.4) is 0 Å². The van der Waals surface area contributed by atoms with Crippen molar-refractivity contribution >= 4 is 31.3 Å². The lowest BCUT2D eigenvalue weighted by molar-refractivity contribution is -0.156. The van der Waals surface area contributed by atoms with Crippen molar-refractivity contribution in [3.63, 3.8) is 0 Å². The van der Waals surface area contributed by atoms with Crippen molar-refractivity contribution < 1.29 is 74.9 Å². The Labute approximate surface area is 238 Å². The zero-order chi connectivity index (χ0) is 29.4. The normalized spacial score (nSPS) is 50.9. The van der Waals surface area contributed by atoms with Crippen LogP contribution < -0.4 is 0 Å². The molecule has 6 bridgehead atoms. The number of fused-ring (bicyclic) bond motifs is 6. The SMILES string of the molecule is [B][C@@H]1O[C@@]2(COP(=O)(O)OC3[C@@H]4OC[C@]3(COC)O[C@H]4[B])CO[C@H]1C2OP(=O)(O)OC[C@]12CO[C@@H](C1OC)[C@H](C)O2. The van der Waals surface area contributed by atoms with Crippen LogP contribution in [0.2, 0.25) is 0 Å². The van der Waals surface area contributed by atoms with E-state index in [-0.39, 0.29) is 45.2 Å². The highest BCUT2D eigenvalue weighted by molar-refractivity contribution is 7.47. The quantitative estimate of drug-likeness (QED) is 0.179. The van der Waals surface area contributed by atoms with E-state index in [2.05, 4.69) is 0 Å². The van der Waals surface area contributed by atoms with E-state index in [0.717, 1.165) is 0 Å². The van der Waals surface area contributed by atoms with Gasteiger partial charge < -0.3 is 47.7 Å². The van der Waals surface area contributed by atoms with Gasteiger partial charge in [-0.2, -0.15) is 0 Å². The van der Waals surface area contributed by atoms with Crippen LogP contribution in [-0.4, -0.2) is 151 Å². The Kier molecular flexibility index (Phi) is 8.20. The summed E-state index contributed by atoms with van der Waals surface area (Å²) in [7, 11) is 5.21. The van der Waals surface area contributed by atoms with E-state index in [1.807, 2.05) is 0 Å². The van der Waals surface area contributed by atoms with Crippen molar-refractivity contribution in [3.05, 3.63) is 0 Å². The van der Waals surface area contributed by atoms with E-state index in [0.29, 0.717) is 0 Å². The van der Waals surface area contributed by atoms with Gasteiger partial charge in [0.2, 0.25) is 0 Å². The molecular weight excluding hydrogens is 592 g/mol. The number of hydrogen-bond donors (Lipinski definition) is 2. The highest BCUT2D eigenvalue weighted by Crippen LogP contribution is 2.57. The van der Waals surface area contributed by atoms with Gasteiger partial charge in [0.25, 0.3) is 0 Å². The molecule has 5 unspecified atom stereocenters. The summed E-state index contributed by atoms with van der Waals surface area (Å²) in [6, 6.07) is -2.00. The third-order valence-electron chi connectivity index (χ3n) is 8.36. The van der Waals surface area contributed by atoms with Gasteiger partial charge in [-0.3, -0.25) is 18.1 Å². The van der Waals surface area contributed by atoms with Crippen molar-refractivity contribution in [1.82, 2.24) is 0 Å². The van der Waals surface area contributed by atoms with E-state index in [4.69, 9.17) is 71.7 Å². The van der Waals surface area contributed by atoms with Crippen molar-refractivity contribution in [2.75, 3.05) is 53.9 Å². The molecule has 0 spiro atoms. The first-order valence-corrected chi connectivity index (χ1v) is 16.0. The summed E-state index contributed by atoms with van der Waals surface area (Å²) in [5, 5.41) is 0. The standard InChI is InChI=1S/C21H32B2O16P2/c1-10-11-14(29-3)20(35-10,6-30-11)8-33-40(24,25)39-16-13-18(23)37-21(16,7-32-13)9-34-41(26,27)38-15-12-17(22)36-19(15,4-28-2)5-31-12/h10-18H,4-9H2,1-3H3,(H,24,25)(H,26,27)/t10-,11+,12-,13-,14?,15?,16?,17+,18+,19-,20+,21+/m0/s1. The van der Waals surface area contributed by atoms with Gasteiger partial charge in [0.1, 0.15) is 69.1 Å². The van der Waals surface area contributed by atoms with Crippen molar-refractivity contribution in [2.45, 2.75) is 78.5 Å². The molecule has 6 heterocycles. The van der Waals surface area contributed by atoms with E-state index in [1.165, 1.54) is 14.2 Å². The average Bonchev–Trinajstić information content (AvgIpc) is 3.69. The molecule has 0 aromatic rings. The molecular formula is C21H32B2O16P2. The fraction of sp³-hybridized carbons (Fsp3) is 1.00. The van der Waals surface area contributed by atoms with Crippen LogP contribution in [0.25, 0.3) is 0 Å². The summed E-state index contributed by atoms with van der Waals surface area (Å²) in [5.74, 6) is 0. The van der Waals surface area contributed by atoms with Gasteiger partial charge in [0.15, 0.2) is 0 Å². The molecule has 41 heavy (non-hydrogen) atoms. The van der Waals surface area contributed by atoms with Gasteiger partial charge >= 0.3 is 15.6 Å². The maximum atomic E-state index is 13.1. The molecule has 6 saturated heterocycles. The van der Waals surface area contributed by atoms with E-state index in [9.17, 15) is 18.9 Å². The second kappa shape index (κ2) is 10.8. The van der Waals surface area contributed by atoms with E-state index in [1.54, 1.807) is 6.92 Å². The molecule has 4 radical (unpaired) electrons. The number of rotatable bonds is 13. The molecule has 0 saturated carbocycles. The van der Waals surface area contributed by atoms with Gasteiger partial charge in [-0.05, 0) is 6.92 Å². The Morgan fingerprint density at radius 3 is 1.59 bits per heavy atom. The highest BCUT2D eigenvalue weighted by atomic mass is 31.2. The van der Waals surface area contributed by atoms with Crippen LogP contribution in [0.4, 0.5) is 0 Å². The predicted molar refractivity (Wildman–Crippen MR) is 133 cm³/mol. The van der Waals surface area contributed by atoms with Crippen LogP contribution in [0.15, 0.2) is 0 Å². The molecule has 0 aromatic heterocycles. The van der Waals surface area contributed by atoms with Gasteiger partial charge in [-0.15, -0.1) is 0 Å². The monoisotopic (exact) mass is 624 g/mol. The van der Waals surface area contributed by atoms with Crippen molar-refractivity contribution in [1.29, 1.82) is 0 Å². The Bertz CT molecular complexity index is 1110. The van der Waals surface area contributed by atoms with Crippen molar-refractivity contribution in [3.8, 4) is 0 Å². The number of phosphoric ester groups is 2. The van der Waals surface area contributed by atoms with Gasteiger partial charge in [0.05, 0.1) is 45.7 Å². The van der Waals surface area contributed by atoms with Crippen LogP contribution in [0.1, 0.15) is 6.92 Å². The van der Waals surface area contributed by atoms with Crippen LogP contribution in [-0.2, 0) is 65.1 Å². The molecule has 16 nitrogen and oxygen atoms in total. The molecule has 14 atom stereocenters.